The van der Waals surface area contributed by atoms with Gasteiger partial charge in [0.15, 0.2) is 0 Å². The Bertz CT molecular complexity index is 605. The fraction of sp³-hybridized carbons (Fsp3) is 0.600. The predicted octanol–water partition coefficient (Wildman–Crippen LogP) is 2.23. The van der Waals surface area contributed by atoms with E-state index in [2.05, 4.69) is 26.2 Å². The van der Waals surface area contributed by atoms with Gasteiger partial charge in [-0.1, -0.05) is 13.8 Å². The number of carbonyl (C=O) groups excluding carboxylic acids is 1. The quantitative estimate of drug-likeness (QED) is 0.799. The molecule has 1 amide bonds. The fourth-order valence-corrected chi connectivity index (χ4v) is 3.92. The number of ether oxygens (including phenoxy) is 1. The second-order valence-electron chi connectivity index (χ2n) is 6.56. The maximum absolute atomic E-state index is 12.7. The van der Waals surface area contributed by atoms with Gasteiger partial charge in [-0.25, -0.2) is 4.98 Å². The van der Waals surface area contributed by atoms with Gasteiger partial charge in [0.1, 0.15) is 10.1 Å². The Labute approximate surface area is 132 Å². The summed E-state index contributed by atoms with van der Waals surface area (Å²) in [5, 5.41) is 2.92. The van der Waals surface area contributed by atoms with E-state index in [1.807, 2.05) is 26.8 Å². The van der Waals surface area contributed by atoms with Crippen molar-refractivity contribution >= 4 is 27.5 Å². The van der Waals surface area contributed by atoms with E-state index >= 15 is 0 Å². The monoisotopic (exact) mass is 353 g/mol. The van der Waals surface area contributed by atoms with Crippen LogP contribution >= 0.6 is 15.9 Å². The third-order valence-electron chi connectivity index (χ3n) is 5.10. The molecule has 0 spiro atoms. The summed E-state index contributed by atoms with van der Waals surface area (Å²) in [4.78, 5) is 16.9. The van der Waals surface area contributed by atoms with Crippen LogP contribution in [0, 0.1) is 18.3 Å². The van der Waals surface area contributed by atoms with Gasteiger partial charge in [0.05, 0.1) is 18.0 Å². The minimum atomic E-state index is -0.894. The molecule has 3 N–H and O–H groups in total. The molecule has 21 heavy (non-hydrogen) atoms. The molecule has 1 aliphatic heterocycles. The molecule has 6 heteroatoms. The third-order valence-corrected chi connectivity index (χ3v) is 5.93. The molecular weight excluding hydrogens is 334 g/mol. The summed E-state index contributed by atoms with van der Waals surface area (Å²) in [5.74, 6) is -0.0558. The maximum Gasteiger partial charge on any atom is 0.245 e. The fourth-order valence-electron chi connectivity index (χ4n) is 3.71. The zero-order valence-corrected chi connectivity index (χ0v) is 14.0. The number of nitrogens with zero attached hydrogens (tertiary/aromatic N) is 1. The largest absolute Gasteiger partial charge is 0.377 e. The number of anilines is 1. The highest BCUT2D eigenvalue weighted by atomic mass is 79.9. The van der Waals surface area contributed by atoms with Crippen LogP contribution in [0.4, 0.5) is 5.69 Å². The summed E-state index contributed by atoms with van der Waals surface area (Å²) in [7, 11) is 0. The molecule has 1 aromatic heterocycles. The summed E-state index contributed by atoms with van der Waals surface area (Å²) in [6, 6.07) is 1.88. The van der Waals surface area contributed by atoms with Gasteiger partial charge in [-0.3, -0.25) is 4.79 Å². The van der Waals surface area contributed by atoms with Gasteiger partial charge in [-0.05, 0) is 40.9 Å². The first kappa shape index (κ1) is 14.9. The standard InChI is InChI=1S/C15H20BrN3O2/c1-8-6-9(7-18-12(8)16)19-13(20)15(17)10-4-5-21-11(10)14(15,2)3/h6-7,10-11H,4-5,17H2,1-3H3,(H,19,20). The van der Waals surface area contributed by atoms with Crippen LogP contribution in [0.1, 0.15) is 25.8 Å². The summed E-state index contributed by atoms with van der Waals surface area (Å²) < 4.78 is 6.49. The van der Waals surface area contributed by atoms with Gasteiger partial charge >= 0.3 is 0 Å². The SMILES string of the molecule is Cc1cc(NC(=O)C2(N)C3CCOC3C2(C)C)cnc1Br. The number of fused-ring (bicyclic) bond motifs is 1. The van der Waals surface area contributed by atoms with Crippen LogP contribution in [-0.4, -0.2) is 29.1 Å². The Balaban J connectivity index is 1.83. The number of hydrogen-bond acceptors (Lipinski definition) is 4. The van der Waals surface area contributed by atoms with Crippen molar-refractivity contribution in [3.05, 3.63) is 22.4 Å². The van der Waals surface area contributed by atoms with Crippen LogP contribution in [0.3, 0.4) is 0 Å². The molecule has 2 heterocycles. The number of nitrogens with one attached hydrogen (secondary N) is 1. The van der Waals surface area contributed by atoms with Crippen molar-refractivity contribution in [1.29, 1.82) is 0 Å². The Morgan fingerprint density at radius 1 is 1.57 bits per heavy atom. The van der Waals surface area contributed by atoms with Crippen molar-refractivity contribution in [2.75, 3.05) is 11.9 Å². The minimum Gasteiger partial charge on any atom is -0.377 e. The van der Waals surface area contributed by atoms with Gasteiger partial charge in [-0.2, -0.15) is 0 Å². The maximum atomic E-state index is 12.7. The lowest BCUT2D eigenvalue weighted by Gasteiger charge is -2.60. The zero-order valence-electron chi connectivity index (χ0n) is 12.4. The van der Waals surface area contributed by atoms with Crippen molar-refractivity contribution in [3.63, 3.8) is 0 Å². The van der Waals surface area contributed by atoms with Crippen molar-refractivity contribution < 1.29 is 9.53 Å². The first-order valence-corrected chi connectivity index (χ1v) is 7.92. The third kappa shape index (κ3) is 1.96. The molecule has 1 saturated heterocycles. The number of hydrogen-bond donors (Lipinski definition) is 2. The number of aryl methyl sites for hydroxylation is 1. The molecule has 3 atom stereocenters. The van der Waals surface area contributed by atoms with E-state index in [0.29, 0.717) is 12.3 Å². The van der Waals surface area contributed by atoms with E-state index in [1.165, 1.54) is 0 Å². The number of carbonyl (C=O) groups is 1. The summed E-state index contributed by atoms with van der Waals surface area (Å²) in [6.07, 6.45) is 2.56. The van der Waals surface area contributed by atoms with Crippen molar-refractivity contribution in [2.24, 2.45) is 17.1 Å². The average molecular weight is 354 g/mol. The highest BCUT2D eigenvalue weighted by Crippen LogP contribution is 2.58. The highest BCUT2D eigenvalue weighted by molar-refractivity contribution is 9.10. The summed E-state index contributed by atoms with van der Waals surface area (Å²) in [5.41, 5.74) is 6.88. The smallest absolute Gasteiger partial charge is 0.245 e. The van der Waals surface area contributed by atoms with Crippen molar-refractivity contribution in [3.8, 4) is 0 Å². The van der Waals surface area contributed by atoms with Gasteiger partial charge < -0.3 is 15.8 Å². The molecule has 1 aromatic rings. The van der Waals surface area contributed by atoms with Crippen LogP contribution in [0.15, 0.2) is 16.9 Å². The van der Waals surface area contributed by atoms with Crippen LogP contribution in [0.2, 0.25) is 0 Å². The minimum absolute atomic E-state index is 0.0815. The van der Waals surface area contributed by atoms with Gasteiger partial charge in [0.25, 0.3) is 0 Å². The lowest BCUT2D eigenvalue weighted by atomic mass is 9.48. The molecule has 1 aliphatic carbocycles. The number of nitrogens with two attached hydrogens (primary N) is 1. The number of pyridine rings is 1. The van der Waals surface area contributed by atoms with E-state index in [4.69, 9.17) is 10.5 Å². The van der Waals surface area contributed by atoms with E-state index < -0.39 is 5.54 Å². The molecule has 114 valence electrons. The summed E-state index contributed by atoms with van der Waals surface area (Å²) in [6.45, 7) is 6.62. The van der Waals surface area contributed by atoms with Gasteiger partial charge in [0, 0.05) is 17.9 Å². The molecule has 1 saturated carbocycles. The average Bonchev–Trinajstić information content (AvgIpc) is 2.90. The van der Waals surface area contributed by atoms with Crippen LogP contribution < -0.4 is 11.1 Å². The van der Waals surface area contributed by atoms with E-state index in [9.17, 15) is 4.79 Å². The number of aromatic nitrogens is 1. The normalized spacial score (nSPS) is 33.2. The molecule has 5 nitrogen and oxygen atoms in total. The molecule has 3 unspecified atom stereocenters. The Kier molecular flexibility index (Phi) is 3.39. The molecule has 0 radical (unpaired) electrons. The summed E-state index contributed by atoms with van der Waals surface area (Å²) >= 11 is 3.35. The lowest BCUT2D eigenvalue weighted by Crippen LogP contribution is -2.79. The van der Waals surface area contributed by atoms with Crippen LogP contribution in [0.5, 0.6) is 0 Å². The number of amides is 1. The first-order valence-electron chi connectivity index (χ1n) is 7.12. The molecule has 0 bridgehead atoms. The molecule has 3 rings (SSSR count). The molecule has 2 fully saturated rings. The Hall–Kier alpha value is -0.980. The van der Waals surface area contributed by atoms with E-state index in [-0.39, 0.29) is 23.3 Å². The predicted molar refractivity (Wildman–Crippen MR) is 83.9 cm³/mol. The van der Waals surface area contributed by atoms with Crippen molar-refractivity contribution in [1.82, 2.24) is 4.98 Å². The Morgan fingerprint density at radius 3 is 2.95 bits per heavy atom. The second kappa shape index (κ2) is 4.76. The molecule has 2 aliphatic rings. The van der Waals surface area contributed by atoms with E-state index in [0.717, 1.165) is 16.6 Å². The lowest BCUT2D eigenvalue weighted by molar-refractivity contribution is -0.170. The first-order chi connectivity index (χ1) is 9.78. The Morgan fingerprint density at radius 2 is 2.29 bits per heavy atom. The molecule has 0 aromatic carbocycles. The number of rotatable bonds is 2. The number of halogens is 1. The highest BCUT2D eigenvalue weighted by Gasteiger charge is 2.71. The van der Waals surface area contributed by atoms with Crippen molar-refractivity contribution in [2.45, 2.75) is 38.8 Å². The van der Waals surface area contributed by atoms with Gasteiger partial charge in [0.2, 0.25) is 5.91 Å². The zero-order chi connectivity index (χ0) is 15.4. The van der Waals surface area contributed by atoms with E-state index in [1.54, 1.807) is 6.20 Å². The molecular formula is C15H20BrN3O2. The van der Waals surface area contributed by atoms with Crippen LogP contribution in [-0.2, 0) is 9.53 Å². The second-order valence-corrected chi connectivity index (χ2v) is 7.31. The van der Waals surface area contributed by atoms with Gasteiger partial charge in [-0.15, -0.1) is 0 Å². The topological polar surface area (TPSA) is 77.2 Å². The van der Waals surface area contributed by atoms with Crippen LogP contribution in [0.25, 0.3) is 0 Å².